The minimum Gasteiger partial charge on any atom is -0.479 e. The molecule has 0 aliphatic carbocycles. The van der Waals surface area contributed by atoms with Gasteiger partial charge in [-0.25, -0.2) is 4.79 Å². The summed E-state index contributed by atoms with van der Waals surface area (Å²) in [5.74, 6) is -0.865. The fourth-order valence-electron chi connectivity index (χ4n) is 1.85. The van der Waals surface area contributed by atoms with Crippen molar-refractivity contribution < 1.29 is 19.4 Å². The number of aliphatic carboxylic acids is 1. The van der Waals surface area contributed by atoms with Crippen LogP contribution in [0.5, 0.6) is 5.75 Å². The molecule has 2 aromatic carbocycles. The fourth-order valence-corrected chi connectivity index (χ4v) is 1.85. The van der Waals surface area contributed by atoms with Gasteiger partial charge in [-0.15, -0.1) is 0 Å². The molecule has 0 fully saturated rings. The van der Waals surface area contributed by atoms with Crippen molar-refractivity contribution in [1.29, 1.82) is 0 Å². The lowest BCUT2D eigenvalue weighted by atomic mass is 10.1. The van der Waals surface area contributed by atoms with E-state index in [1.165, 1.54) is 6.92 Å². The van der Waals surface area contributed by atoms with Gasteiger partial charge in [0.2, 0.25) is 0 Å². The van der Waals surface area contributed by atoms with Gasteiger partial charge in [-0.2, -0.15) is 0 Å². The summed E-state index contributed by atoms with van der Waals surface area (Å²) < 4.78 is 5.22. The largest absolute Gasteiger partial charge is 0.479 e. The van der Waals surface area contributed by atoms with Crippen molar-refractivity contribution in [2.24, 2.45) is 0 Å². The smallest absolute Gasteiger partial charge is 0.344 e. The summed E-state index contributed by atoms with van der Waals surface area (Å²) in [6.07, 6.45) is -0.938. The molecule has 0 spiro atoms. The highest BCUT2D eigenvalue weighted by Crippen LogP contribution is 2.17. The highest BCUT2D eigenvalue weighted by molar-refractivity contribution is 6.04. The van der Waals surface area contributed by atoms with Crippen LogP contribution in [0.4, 0.5) is 5.69 Å². The van der Waals surface area contributed by atoms with Crippen molar-refractivity contribution in [2.75, 3.05) is 5.32 Å². The normalized spacial score (nSPS) is 11.5. The first kappa shape index (κ1) is 15.6. The second-order valence-corrected chi connectivity index (χ2v) is 4.89. The molecule has 114 valence electrons. The van der Waals surface area contributed by atoms with Gasteiger partial charge in [0, 0.05) is 11.3 Å². The van der Waals surface area contributed by atoms with E-state index in [1.54, 1.807) is 24.3 Å². The van der Waals surface area contributed by atoms with E-state index >= 15 is 0 Å². The van der Waals surface area contributed by atoms with Gasteiger partial charge in [-0.05, 0) is 49.7 Å². The maximum absolute atomic E-state index is 12.2. The third-order valence-electron chi connectivity index (χ3n) is 3.17. The van der Waals surface area contributed by atoms with Gasteiger partial charge >= 0.3 is 5.97 Å². The average molecular weight is 299 g/mol. The highest BCUT2D eigenvalue weighted by Gasteiger charge is 2.13. The number of carboxylic acids is 1. The lowest BCUT2D eigenvalue weighted by molar-refractivity contribution is -0.144. The van der Waals surface area contributed by atoms with Gasteiger partial charge in [-0.3, -0.25) is 4.79 Å². The number of carbonyl (C=O) groups is 2. The van der Waals surface area contributed by atoms with E-state index in [0.717, 1.165) is 11.3 Å². The Bertz CT molecular complexity index is 679. The van der Waals surface area contributed by atoms with Crippen LogP contribution < -0.4 is 10.1 Å². The lowest BCUT2D eigenvalue weighted by Crippen LogP contribution is -2.22. The van der Waals surface area contributed by atoms with Crippen molar-refractivity contribution in [3.05, 3.63) is 59.7 Å². The van der Waals surface area contributed by atoms with Crippen molar-refractivity contribution >= 4 is 17.6 Å². The fraction of sp³-hybridized carbons (Fsp3) is 0.176. The molecular weight excluding hydrogens is 282 g/mol. The Morgan fingerprint density at radius 2 is 1.73 bits per heavy atom. The van der Waals surface area contributed by atoms with Crippen LogP contribution in [-0.4, -0.2) is 23.1 Å². The van der Waals surface area contributed by atoms with Gasteiger partial charge in [0.05, 0.1) is 0 Å². The van der Waals surface area contributed by atoms with Crippen LogP contribution >= 0.6 is 0 Å². The van der Waals surface area contributed by atoms with E-state index in [2.05, 4.69) is 5.32 Å². The molecule has 0 unspecified atom stereocenters. The quantitative estimate of drug-likeness (QED) is 0.889. The molecule has 0 aromatic heterocycles. The number of benzene rings is 2. The topological polar surface area (TPSA) is 75.6 Å². The van der Waals surface area contributed by atoms with Crippen LogP contribution in [0.25, 0.3) is 0 Å². The Labute approximate surface area is 128 Å². The summed E-state index contributed by atoms with van der Waals surface area (Å²) in [7, 11) is 0. The minimum atomic E-state index is -1.04. The molecule has 5 heteroatoms. The van der Waals surface area contributed by atoms with Gasteiger partial charge in [0.25, 0.3) is 5.91 Å². The molecule has 1 amide bonds. The first-order valence-electron chi connectivity index (χ1n) is 6.84. The Balaban J connectivity index is 2.05. The maximum atomic E-state index is 12.2. The Kier molecular flexibility index (Phi) is 4.78. The van der Waals surface area contributed by atoms with Crippen LogP contribution in [0.3, 0.4) is 0 Å². The summed E-state index contributed by atoms with van der Waals surface area (Å²) in [5.41, 5.74) is 2.21. The molecule has 0 bridgehead atoms. The molecule has 2 aromatic rings. The number of carboxylic acid groups (broad SMARTS) is 1. The van der Waals surface area contributed by atoms with Crippen molar-refractivity contribution in [3.63, 3.8) is 0 Å². The second-order valence-electron chi connectivity index (χ2n) is 4.89. The van der Waals surface area contributed by atoms with Crippen LogP contribution in [0, 0.1) is 6.92 Å². The van der Waals surface area contributed by atoms with Crippen LogP contribution in [-0.2, 0) is 4.79 Å². The van der Waals surface area contributed by atoms with E-state index in [4.69, 9.17) is 9.84 Å². The first-order valence-corrected chi connectivity index (χ1v) is 6.84. The summed E-state index contributed by atoms with van der Waals surface area (Å²) >= 11 is 0. The molecule has 22 heavy (non-hydrogen) atoms. The van der Waals surface area contributed by atoms with Crippen LogP contribution in [0.2, 0.25) is 0 Å². The summed E-state index contributed by atoms with van der Waals surface area (Å²) in [6.45, 7) is 3.36. The molecule has 0 radical (unpaired) electrons. The summed E-state index contributed by atoms with van der Waals surface area (Å²) in [4.78, 5) is 22.9. The number of hydrogen-bond donors (Lipinski definition) is 2. The van der Waals surface area contributed by atoms with Gasteiger partial charge in [-0.1, -0.05) is 18.2 Å². The van der Waals surface area contributed by atoms with Gasteiger partial charge in [0.15, 0.2) is 6.10 Å². The van der Waals surface area contributed by atoms with Crippen LogP contribution in [0.15, 0.2) is 48.5 Å². The van der Waals surface area contributed by atoms with E-state index < -0.39 is 12.1 Å². The molecule has 0 aliphatic heterocycles. The third kappa shape index (κ3) is 3.85. The SMILES string of the molecule is Cc1ccccc1NC(=O)c1ccc(O[C@@H](C)C(=O)O)cc1. The predicted octanol–water partition coefficient (Wildman–Crippen LogP) is 3.10. The number of aryl methyl sites for hydroxylation is 1. The predicted molar refractivity (Wildman–Crippen MR) is 83.3 cm³/mol. The van der Waals surface area contributed by atoms with E-state index in [9.17, 15) is 9.59 Å². The van der Waals surface area contributed by atoms with E-state index in [-0.39, 0.29) is 5.91 Å². The number of rotatable bonds is 5. The van der Waals surface area contributed by atoms with Crippen molar-refractivity contribution in [1.82, 2.24) is 0 Å². The highest BCUT2D eigenvalue weighted by atomic mass is 16.5. The zero-order valence-corrected chi connectivity index (χ0v) is 12.4. The van der Waals surface area contributed by atoms with Crippen LogP contribution in [0.1, 0.15) is 22.8 Å². The van der Waals surface area contributed by atoms with E-state index in [0.29, 0.717) is 11.3 Å². The lowest BCUT2D eigenvalue weighted by Gasteiger charge is -2.11. The molecular formula is C17H17NO4. The number of para-hydroxylation sites is 1. The number of hydrogen-bond acceptors (Lipinski definition) is 3. The molecule has 2 rings (SSSR count). The third-order valence-corrected chi connectivity index (χ3v) is 3.17. The van der Waals surface area contributed by atoms with Gasteiger partial charge < -0.3 is 15.2 Å². The number of ether oxygens (including phenoxy) is 1. The summed E-state index contributed by atoms with van der Waals surface area (Å²) in [5, 5.41) is 11.6. The molecule has 2 N–H and O–H groups in total. The standard InChI is InChI=1S/C17H17NO4/c1-11-5-3-4-6-15(11)18-16(19)13-7-9-14(10-8-13)22-12(2)17(20)21/h3-10,12H,1-2H3,(H,18,19)(H,20,21)/t12-/m0/s1. The Morgan fingerprint density at radius 3 is 2.32 bits per heavy atom. The molecule has 0 aliphatic rings. The molecule has 0 saturated heterocycles. The Hall–Kier alpha value is -2.82. The average Bonchev–Trinajstić information content (AvgIpc) is 2.50. The van der Waals surface area contributed by atoms with Crippen molar-refractivity contribution in [2.45, 2.75) is 20.0 Å². The van der Waals surface area contributed by atoms with E-state index in [1.807, 2.05) is 31.2 Å². The number of anilines is 1. The first-order chi connectivity index (χ1) is 10.5. The summed E-state index contributed by atoms with van der Waals surface area (Å²) in [6, 6.07) is 13.8. The molecule has 0 saturated carbocycles. The monoisotopic (exact) mass is 299 g/mol. The molecule has 1 atom stereocenters. The minimum absolute atomic E-state index is 0.230. The zero-order valence-electron chi connectivity index (χ0n) is 12.4. The van der Waals surface area contributed by atoms with Gasteiger partial charge in [0.1, 0.15) is 5.75 Å². The maximum Gasteiger partial charge on any atom is 0.344 e. The second kappa shape index (κ2) is 6.76. The molecule has 5 nitrogen and oxygen atoms in total. The number of amides is 1. The Morgan fingerprint density at radius 1 is 1.09 bits per heavy atom. The number of carbonyl (C=O) groups excluding carboxylic acids is 1. The molecule has 0 heterocycles. The zero-order chi connectivity index (χ0) is 16.1. The number of nitrogens with one attached hydrogen (secondary N) is 1. The van der Waals surface area contributed by atoms with Crippen molar-refractivity contribution in [3.8, 4) is 5.75 Å².